The van der Waals surface area contributed by atoms with Gasteiger partial charge < -0.3 is 24.7 Å². The minimum atomic E-state index is -0.679. The van der Waals surface area contributed by atoms with Gasteiger partial charge in [0, 0.05) is 36.1 Å². The molecule has 262 valence electrons. The second kappa shape index (κ2) is 14.3. The monoisotopic (exact) mass is 695 g/mol. The first kappa shape index (κ1) is 33.2. The van der Waals surface area contributed by atoms with Gasteiger partial charge in [-0.25, -0.2) is 14.6 Å². The number of hydrogen-bond acceptors (Lipinski definition) is 8. The first-order valence-corrected chi connectivity index (χ1v) is 17.4. The van der Waals surface area contributed by atoms with E-state index in [0.29, 0.717) is 25.1 Å². The summed E-state index contributed by atoms with van der Waals surface area (Å²) in [4.78, 5) is 42.1. The van der Waals surface area contributed by atoms with Crippen LogP contribution in [0.5, 0.6) is 0 Å². The number of aromatic amines is 1. The highest BCUT2D eigenvalue weighted by Crippen LogP contribution is 2.34. The Labute approximate surface area is 300 Å². The van der Waals surface area contributed by atoms with E-state index in [0.717, 1.165) is 50.2 Å². The predicted molar refractivity (Wildman–Crippen MR) is 194 cm³/mol. The molecule has 1 aromatic heterocycles. The van der Waals surface area contributed by atoms with E-state index in [-0.39, 0.29) is 32.3 Å². The number of imidazole rings is 1. The zero-order valence-corrected chi connectivity index (χ0v) is 28.3. The first-order valence-electron chi connectivity index (χ1n) is 17.4. The zero-order valence-electron chi connectivity index (χ0n) is 28.3. The predicted octanol–water partition coefficient (Wildman–Crippen LogP) is 5.81. The maximum absolute atomic E-state index is 13.0. The summed E-state index contributed by atoms with van der Waals surface area (Å²) in [6, 6.07) is 29.8. The number of fused-ring (bicyclic) bond motifs is 2. The third kappa shape index (κ3) is 7.12. The summed E-state index contributed by atoms with van der Waals surface area (Å²) in [5.41, 5.74) is 7.54. The molecule has 3 N–H and O–H groups in total. The molecule has 0 bridgehead atoms. The quantitative estimate of drug-likeness (QED) is 0.191. The molecule has 0 saturated carbocycles. The van der Waals surface area contributed by atoms with Gasteiger partial charge in [-0.15, -0.1) is 0 Å². The van der Waals surface area contributed by atoms with Crippen molar-refractivity contribution < 1.29 is 29.3 Å². The van der Waals surface area contributed by atoms with Gasteiger partial charge in [-0.05, 0) is 47.0 Å². The number of aliphatic hydroxyl groups excluding tert-OH is 2. The number of H-pyrrole nitrogens is 1. The SMILES string of the molecule is O=C(OCc1ccccc1)N1C[C@H](O)C[C@H]1C1=Nc2cc(C#Cc3ccc4nc([C@@H]5C[C@@H](O)CN5C(=O)OCc5ccccc5)[nH]c4c3)ccc2C1. The van der Waals surface area contributed by atoms with Crippen LogP contribution in [0.2, 0.25) is 0 Å². The summed E-state index contributed by atoms with van der Waals surface area (Å²) in [6.45, 7) is 0.681. The number of aromatic nitrogens is 2. The topological polar surface area (TPSA) is 141 Å². The van der Waals surface area contributed by atoms with Crippen LogP contribution in [0.15, 0.2) is 102 Å². The van der Waals surface area contributed by atoms with Crippen LogP contribution < -0.4 is 0 Å². The van der Waals surface area contributed by atoms with Crippen LogP contribution in [0.4, 0.5) is 15.3 Å². The maximum Gasteiger partial charge on any atom is 0.410 e. The summed E-state index contributed by atoms with van der Waals surface area (Å²) in [6.07, 6.45) is -0.929. The van der Waals surface area contributed by atoms with E-state index in [9.17, 15) is 19.8 Å². The molecule has 11 heteroatoms. The van der Waals surface area contributed by atoms with E-state index in [1.807, 2.05) is 97.1 Å². The molecule has 52 heavy (non-hydrogen) atoms. The molecule has 2 saturated heterocycles. The highest BCUT2D eigenvalue weighted by atomic mass is 16.6. The number of carbonyl (C=O) groups is 2. The van der Waals surface area contributed by atoms with E-state index in [4.69, 9.17) is 19.5 Å². The van der Waals surface area contributed by atoms with Gasteiger partial charge in [0.05, 0.1) is 54.1 Å². The Morgan fingerprint density at radius 1 is 0.750 bits per heavy atom. The molecule has 11 nitrogen and oxygen atoms in total. The highest BCUT2D eigenvalue weighted by molar-refractivity contribution is 5.99. The van der Waals surface area contributed by atoms with Crippen molar-refractivity contribution in [1.82, 2.24) is 19.8 Å². The molecular weight excluding hydrogens is 658 g/mol. The number of nitrogens with one attached hydrogen (secondary N) is 1. The van der Waals surface area contributed by atoms with Crippen LogP contribution in [0.1, 0.15) is 52.5 Å². The summed E-state index contributed by atoms with van der Waals surface area (Å²) in [5.74, 6) is 7.06. The van der Waals surface area contributed by atoms with E-state index < -0.39 is 30.4 Å². The smallest absolute Gasteiger partial charge is 0.410 e. The molecule has 4 aromatic carbocycles. The van der Waals surface area contributed by atoms with Crippen molar-refractivity contribution in [1.29, 1.82) is 0 Å². The molecule has 5 aromatic rings. The van der Waals surface area contributed by atoms with Crippen molar-refractivity contribution in [2.24, 2.45) is 4.99 Å². The van der Waals surface area contributed by atoms with Gasteiger partial charge in [0.1, 0.15) is 19.0 Å². The number of carbonyl (C=O) groups excluding carboxylic acids is 2. The first-order chi connectivity index (χ1) is 25.4. The molecule has 0 unspecified atom stereocenters. The summed E-state index contributed by atoms with van der Waals surface area (Å²) in [7, 11) is 0. The van der Waals surface area contributed by atoms with Crippen LogP contribution in [0, 0.1) is 11.8 Å². The largest absolute Gasteiger partial charge is 0.445 e. The molecule has 4 atom stereocenters. The number of aliphatic hydroxyl groups is 2. The van der Waals surface area contributed by atoms with Crippen molar-refractivity contribution in [3.05, 3.63) is 131 Å². The molecule has 2 fully saturated rings. The van der Waals surface area contributed by atoms with Crippen LogP contribution in [0.25, 0.3) is 11.0 Å². The standard InChI is InChI=1S/C41H37N5O6/c47-31-20-37(45(22-31)40(49)51-24-28-7-3-1-4-8-28)36-19-30-15-13-26(17-34(30)42-36)11-12-27-14-16-33-35(18-27)44-39(43-33)38-21-32(48)23-46(38)41(50)52-25-29-9-5-2-6-10-29/h1-10,13-18,31-32,37-38,47-48H,19-25H2,(H,43,44)/t31-,32-,37+,38+/m1/s1. The highest BCUT2D eigenvalue weighted by Gasteiger charge is 2.40. The molecule has 2 amide bonds. The number of benzene rings is 4. The van der Waals surface area contributed by atoms with Gasteiger partial charge in [0.15, 0.2) is 0 Å². The lowest BCUT2D eigenvalue weighted by molar-refractivity contribution is 0.0867. The lowest BCUT2D eigenvalue weighted by atomic mass is 10.0. The normalized spacial score (nSPS) is 20.7. The average molecular weight is 696 g/mol. The van der Waals surface area contributed by atoms with Crippen molar-refractivity contribution >= 4 is 34.6 Å². The molecule has 0 radical (unpaired) electrons. The molecule has 8 rings (SSSR count). The second-order valence-electron chi connectivity index (χ2n) is 13.4. The number of amides is 2. The Bertz CT molecular complexity index is 2210. The van der Waals surface area contributed by atoms with Crippen LogP contribution in [-0.4, -0.2) is 79.2 Å². The number of rotatable bonds is 6. The number of β-amino-alcohol motifs (C(OH)–C–C–N with tert-alkyl or cyclic N) is 2. The maximum atomic E-state index is 13.0. The third-order valence-electron chi connectivity index (χ3n) is 9.71. The molecule has 0 spiro atoms. The van der Waals surface area contributed by atoms with Gasteiger partial charge >= 0.3 is 12.2 Å². The minimum Gasteiger partial charge on any atom is -0.445 e. The molecular formula is C41H37N5O6. The van der Waals surface area contributed by atoms with Gasteiger partial charge in [0.25, 0.3) is 0 Å². The molecule has 0 aliphatic carbocycles. The number of nitrogens with zero attached hydrogens (tertiary/aromatic N) is 4. The zero-order chi connectivity index (χ0) is 35.6. The van der Waals surface area contributed by atoms with E-state index >= 15 is 0 Å². The third-order valence-corrected chi connectivity index (χ3v) is 9.71. The molecule has 3 aliphatic heterocycles. The fraction of sp³-hybridized carbons (Fsp3) is 0.268. The Hall–Kier alpha value is -5.96. The van der Waals surface area contributed by atoms with E-state index in [2.05, 4.69) is 16.8 Å². The van der Waals surface area contributed by atoms with Crippen LogP contribution in [-0.2, 0) is 29.1 Å². The van der Waals surface area contributed by atoms with E-state index in [1.54, 1.807) is 4.90 Å². The number of hydrogen-bond donors (Lipinski definition) is 3. The van der Waals surface area contributed by atoms with Gasteiger partial charge in [-0.1, -0.05) is 78.6 Å². The van der Waals surface area contributed by atoms with Crippen molar-refractivity contribution in [3.8, 4) is 11.8 Å². The minimum absolute atomic E-state index is 0.147. The summed E-state index contributed by atoms with van der Waals surface area (Å²) in [5, 5.41) is 20.9. The summed E-state index contributed by atoms with van der Waals surface area (Å²) >= 11 is 0. The van der Waals surface area contributed by atoms with Crippen LogP contribution >= 0.6 is 0 Å². The molecule has 3 aliphatic rings. The fourth-order valence-corrected chi connectivity index (χ4v) is 7.10. The van der Waals surface area contributed by atoms with Crippen molar-refractivity contribution in [2.45, 2.75) is 56.8 Å². The lowest BCUT2D eigenvalue weighted by Gasteiger charge is -2.23. The Morgan fingerprint density at radius 2 is 1.33 bits per heavy atom. The van der Waals surface area contributed by atoms with Gasteiger partial charge in [0.2, 0.25) is 0 Å². The van der Waals surface area contributed by atoms with E-state index in [1.165, 1.54) is 4.90 Å². The summed E-state index contributed by atoms with van der Waals surface area (Å²) < 4.78 is 11.1. The second-order valence-corrected chi connectivity index (χ2v) is 13.4. The van der Waals surface area contributed by atoms with Crippen LogP contribution in [0.3, 0.4) is 0 Å². The Morgan fingerprint density at radius 3 is 1.98 bits per heavy atom. The number of ether oxygens (including phenoxy) is 2. The van der Waals surface area contributed by atoms with Gasteiger partial charge in [-0.3, -0.25) is 14.8 Å². The number of aliphatic imine (C=N–C) groups is 1. The average Bonchev–Trinajstić information content (AvgIpc) is 3.96. The van der Waals surface area contributed by atoms with Crippen molar-refractivity contribution in [3.63, 3.8) is 0 Å². The fourth-order valence-electron chi connectivity index (χ4n) is 7.10. The van der Waals surface area contributed by atoms with Gasteiger partial charge in [-0.2, -0.15) is 0 Å². The number of likely N-dealkylation sites (tertiary alicyclic amines) is 2. The molecule has 4 heterocycles. The lowest BCUT2D eigenvalue weighted by Crippen LogP contribution is -2.41. The van der Waals surface area contributed by atoms with Crippen molar-refractivity contribution in [2.75, 3.05) is 13.1 Å². The Balaban J connectivity index is 0.942. The Kier molecular flexibility index (Phi) is 9.16.